The Bertz CT molecular complexity index is 678. The number of hydrogen-bond donors (Lipinski definition) is 2. The van der Waals surface area contributed by atoms with Crippen LogP contribution in [0.25, 0.3) is 0 Å². The highest BCUT2D eigenvalue weighted by molar-refractivity contribution is 9.10. The summed E-state index contributed by atoms with van der Waals surface area (Å²) in [5, 5.41) is 17.1. The van der Waals surface area contributed by atoms with Gasteiger partial charge in [-0.15, -0.1) is 0 Å². The first-order chi connectivity index (χ1) is 10.0. The summed E-state index contributed by atoms with van der Waals surface area (Å²) in [4.78, 5) is 18.7. The maximum Gasteiger partial charge on any atom is 0.353 e. The summed E-state index contributed by atoms with van der Waals surface area (Å²) in [5.41, 5.74) is 1.57. The van der Waals surface area contributed by atoms with Crippen LogP contribution in [0, 0.1) is 17.0 Å². The lowest BCUT2D eigenvalue weighted by atomic mass is 10.2. The van der Waals surface area contributed by atoms with E-state index in [2.05, 4.69) is 36.5 Å². The summed E-state index contributed by atoms with van der Waals surface area (Å²) in [6.07, 6.45) is 1.29. The Morgan fingerprint density at radius 2 is 2.05 bits per heavy atom. The number of aryl methyl sites for hydroxylation is 1. The molecule has 8 heteroatoms. The van der Waals surface area contributed by atoms with Gasteiger partial charge in [0, 0.05) is 11.0 Å². The van der Waals surface area contributed by atoms with Crippen LogP contribution in [0.1, 0.15) is 12.5 Å². The smallest absolute Gasteiger partial charge is 0.353 e. The average Bonchev–Trinajstić information content (AvgIpc) is 2.43. The van der Waals surface area contributed by atoms with E-state index in [1.807, 2.05) is 32.0 Å². The Morgan fingerprint density at radius 3 is 2.71 bits per heavy atom. The summed E-state index contributed by atoms with van der Waals surface area (Å²) in [7, 11) is 0. The van der Waals surface area contributed by atoms with Gasteiger partial charge in [-0.1, -0.05) is 6.07 Å². The van der Waals surface area contributed by atoms with Crippen molar-refractivity contribution in [1.29, 1.82) is 0 Å². The van der Waals surface area contributed by atoms with Crippen molar-refractivity contribution in [3.05, 3.63) is 44.7 Å². The second-order valence-corrected chi connectivity index (χ2v) is 5.17. The van der Waals surface area contributed by atoms with Crippen LogP contribution in [0.15, 0.2) is 29.0 Å². The number of hydrogen-bond acceptors (Lipinski definition) is 6. The van der Waals surface area contributed by atoms with Gasteiger partial charge in [-0.05, 0) is 47.5 Å². The quantitative estimate of drug-likeness (QED) is 0.631. The van der Waals surface area contributed by atoms with E-state index in [1.54, 1.807) is 0 Å². The average molecular weight is 352 g/mol. The number of rotatable bonds is 5. The van der Waals surface area contributed by atoms with Gasteiger partial charge in [0.25, 0.3) is 0 Å². The third kappa shape index (κ3) is 3.46. The number of anilines is 3. The molecule has 0 saturated carbocycles. The van der Waals surface area contributed by atoms with Gasteiger partial charge in [-0.25, -0.2) is 9.97 Å². The van der Waals surface area contributed by atoms with Crippen LogP contribution in [-0.2, 0) is 0 Å². The molecule has 0 radical (unpaired) electrons. The molecule has 0 aliphatic carbocycles. The van der Waals surface area contributed by atoms with Crippen molar-refractivity contribution in [2.75, 3.05) is 17.2 Å². The zero-order valence-electron chi connectivity index (χ0n) is 11.6. The van der Waals surface area contributed by atoms with E-state index < -0.39 is 4.92 Å². The van der Waals surface area contributed by atoms with Crippen molar-refractivity contribution in [1.82, 2.24) is 9.97 Å². The molecule has 0 amide bonds. The van der Waals surface area contributed by atoms with Crippen molar-refractivity contribution >= 4 is 38.9 Å². The van der Waals surface area contributed by atoms with Gasteiger partial charge in [-0.2, -0.15) is 0 Å². The highest BCUT2D eigenvalue weighted by Gasteiger charge is 2.23. The van der Waals surface area contributed by atoms with E-state index in [9.17, 15) is 10.1 Å². The fourth-order valence-electron chi connectivity index (χ4n) is 1.80. The number of benzene rings is 1. The molecule has 0 unspecified atom stereocenters. The number of halogens is 1. The summed E-state index contributed by atoms with van der Waals surface area (Å²) in [6.45, 7) is 4.32. The minimum atomic E-state index is -0.496. The van der Waals surface area contributed by atoms with Gasteiger partial charge in [-0.3, -0.25) is 10.1 Å². The Balaban J connectivity index is 2.46. The first-order valence-electron chi connectivity index (χ1n) is 6.29. The minimum Gasteiger partial charge on any atom is -0.364 e. The summed E-state index contributed by atoms with van der Waals surface area (Å²) in [6, 6.07) is 5.69. The summed E-state index contributed by atoms with van der Waals surface area (Å²) in [5.74, 6) is 0.348. The van der Waals surface area contributed by atoms with Gasteiger partial charge in [0.1, 0.15) is 6.33 Å². The minimum absolute atomic E-state index is 0.150. The van der Waals surface area contributed by atoms with Gasteiger partial charge >= 0.3 is 5.69 Å². The summed E-state index contributed by atoms with van der Waals surface area (Å²) >= 11 is 3.41. The van der Waals surface area contributed by atoms with E-state index >= 15 is 0 Å². The van der Waals surface area contributed by atoms with Crippen LogP contribution >= 0.6 is 15.9 Å². The third-order valence-corrected chi connectivity index (χ3v) is 3.42. The molecule has 0 aliphatic heterocycles. The molecule has 0 atom stereocenters. The molecule has 21 heavy (non-hydrogen) atoms. The number of nitro groups is 1. The Labute approximate surface area is 130 Å². The predicted octanol–water partition coefficient (Wildman–Crippen LogP) is 3.63. The van der Waals surface area contributed by atoms with Crippen molar-refractivity contribution < 1.29 is 4.92 Å². The van der Waals surface area contributed by atoms with Crippen LogP contribution < -0.4 is 10.6 Å². The van der Waals surface area contributed by atoms with Crippen LogP contribution in [-0.4, -0.2) is 21.4 Å². The van der Waals surface area contributed by atoms with Crippen LogP contribution in [0.3, 0.4) is 0 Å². The lowest BCUT2D eigenvalue weighted by Crippen LogP contribution is -2.07. The third-order valence-electron chi connectivity index (χ3n) is 2.72. The highest BCUT2D eigenvalue weighted by atomic mass is 79.9. The first-order valence-corrected chi connectivity index (χ1v) is 7.08. The number of aromatic nitrogens is 2. The fraction of sp³-hybridized carbons (Fsp3) is 0.231. The topological polar surface area (TPSA) is 93.0 Å². The van der Waals surface area contributed by atoms with E-state index in [0.29, 0.717) is 12.2 Å². The maximum absolute atomic E-state index is 11.3. The molecule has 1 aromatic carbocycles. The van der Waals surface area contributed by atoms with Crippen molar-refractivity contribution in [3.8, 4) is 0 Å². The SMILES string of the molecule is CCNc1ncnc(Nc2cc(C)ccc2Br)c1[N+](=O)[O-]. The molecule has 2 N–H and O–H groups in total. The number of nitrogens with zero attached hydrogens (tertiary/aromatic N) is 3. The van der Waals surface area contributed by atoms with E-state index in [0.717, 1.165) is 10.0 Å². The normalized spacial score (nSPS) is 10.2. The molecule has 0 saturated heterocycles. The Hall–Kier alpha value is -2.22. The molecule has 1 heterocycles. The first kappa shape index (κ1) is 15.2. The van der Waals surface area contributed by atoms with Gasteiger partial charge < -0.3 is 10.6 Å². The molecule has 0 bridgehead atoms. The highest BCUT2D eigenvalue weighted by Crippen LogP contribution is 2.33. The van der Waals surface area contributed by atoms with E-state index in [1.165, 1.54) is 6.33 Å². The van der Waals surface area contributed by atoms with Gasteiger partial charge in [0.05, 0.1) is 10.6 Å². The maximum atomic E-state index is 11.3. The second kappa shape index (κ2) is 6.49. The van der Waals surface area contributed by atoms with Crippen molar-refractivity contribution in [2.45, 2.75) is 13.8 Å². The molecule has 2 aromatic rings. The van der Waals surface area contributed by atoms with Crippen molar-refractivity contribution in [3.63, 3.8) is 0 Å². The zero-order chi connectivity index (χ0) is 15.4. The second-order valence-electron chi connectivity index (χ2n) is 4.32. The van der Waals surface area contributed by atoms with Crippen LogP contribution in [0.2, 0.25) is 0 Å². The van der Waals surface area contributed by atoms with E-state index in [-0.39, 0.29) is 17.3 Å². The lowest BCUT2D eigenvalue weighted by Gasteiger charge is -2.11. The van der Waals surface area contributed by atoms with E-state index in [4.69, 9.17) is 0 Å². The molecule has 0 fully saturated rings. The summed E-state index contributed by atoms with van der Waals surface area (Å²) < 4.78 is 0.797. The molecule has 110 valence electrons. The molecule has 7 nitrogen and oxygen atoms in total. The Kier molecular flexibility index (Phi) is 4.69. The standard InChI is InChI=1S/C13H14BrN5O2/c1-3-15-12-11(19(20)21)13(17-7-16-12)18-10-6-8(2)4-5-9(10)14/h4-7H,3H2,1-2H3,(H2,15,16,17,18). The molecular weight excluding hydrogens is 338 g/mol. The Morgan fingerprint density at radius 1 is 1.33 bits per heavy atom. The fourth-order valence-corrected chi connectivity index (χ4v) is 2.15. The largest absolute Gasteiger partial charge is 0.364 e. The van der Waals surface area contributed by atoms with Gasteiger partial charge in [0.15, 0.2) is 0 Å². The van der Waals surface area contributed by atoms with Crippen molar-refractivity contribution in [2.24, 2.45) is 0 Å². The van der Waals surface area contributed by atoms with Crippen LogP contribution in [0.4, 0.5) is 23.0 Å². The zero-order valence-corrected chi connectivity index (χ0v) is 13.1. The molecular formula is C13H14BrN5O2. The molecule has 2 rings (SSSR count). The van der Waals surface area contributed by atoms with Crippen LogP contribution in [0.5, 0.6) is 0 Å². The monoisotopic (exact) mass is 351 g/mol. The molecule has 0 aliphatic rings. The number of nitrogens with one attached hydrogen (secondary N) is 2. The molecule has 0 spiro atoms. The van der Waals surface area contributed by atoms with Gasteiger partial charge in [0.2, 0.25) is 11.6 Å². The molecule has 1 aromatic heterocycles. The predicted molar refractivity (Wildman–Crippen MR) is 85.0 cm³/mol. The lowest BCUT2D eigenvalue weighted by molar-refractivity contribution is -0.383.